The molecule has 0 bridgehead atoms. The maximum Gasteiger partial charge on any atom is 0.408 e. The van der Waals surface area contributed by atoms with Crippen molar-refractivity contribution >= 4 is 34.6 Å². The average Bonchev–Trinajstić information content (AvgIpc) is 2.85. The second kappa shape index (κ2) is 9.84. The number of carbonyl (C=O) groups excluding carboxylic acids is 4. The van der Waals surface area contributed by atoms with E-state index in [1.807, 2.05) is 60.7 Å². The molecule has 1 fully saturated rings. The molecular formula is C26H25N3O6. The van der Waals surface area contributed by atoms with Gasteiger partial charge < -0.3 is 25.4 Å². The van der Waals surface area contributed by atoms with Gasteiger partial charge in [-0.15, -0.1) is 0 Å². The Morgan fingerprint density at radius 1 is 0.971 bits per heavy atom. The molecule has 1 heterocycles. The highest BCUT2D eigenvalue weighted by molar-refractivity contribution is 5.98. The van der Waals surface area contributed by atoms with Gasteiger partial charge in [-0.1, -0.05) is 66.7 Å². The van der Waals surface area contributed by atoms with E-state index in [4.69, 9.17) is 9.47 Å². The molecule has 0 radical (unpaired) electrons. The van der Waals surface area contributed by atoms with Crippen LogP contribution in [0.2, 0.25) is 0 Å². The molecule has 3 aromatic carbocycles. The van der Waals surface area contributed by atoms with Crippen molar-refractivity contribution in [3.63, 3.8) is 0 Å². The quantitative estimate of drug-likeness (QED) is 0.356. The third kappa shape index (κ3) is 5.24. The van der Waals surface area contributed by atoms with Gasteiger partial charge in [0.25, 0.3) is 11.8 Å². The van der Waals surface area contributed by atoms with E-state index < -0.39 is 41.7 Å². The smallest absolute Gasteiger partial charge is 0.408 e. The predicted molar refractivity (Wildman–Crippen MR) is 127 cm³/mol. The zero-order chi connectivity index (χ0) is 25.0. The van der Waals surface area contributed by atoms with Gasteiger partial charge in [0.1, 0.15) is 12.1 Å². The van der Waals surface area contributed by atoms with Gasteiger partial charge in [-0.2, -0.15) is 0 Å². The third-order valence-electron chi connectivity index (χ3n) is 5.80. The third-order valence-corrected chi connectivity index (χ3v) is 5.80. The first-order valence-electron chi connectivity index (χ1n) is 11.0. The maximum atomic E-state index is 13.5. The average molecular weight is 476 g/mol. The lowest BCUT2D eigenvalue weighted by Crippen LogP contribution is -2.72. The van der Waals surface area contributed by atoms with Crippen LogP contribution in [0.4, 0.5) is 4.79 Å². The summed E-state index contributed by atoms with van der Waals surface area (Å²) in [6.45, 7) is 2.74. The van der Waals surface area contributed by atoms with E-state index in [1.165, 1.54) is 13.8 Å². The molecule has 3 atom stereocenters. The normalized spacial score (nSPS) is 18.4. The number of carbonyl (C=O) groups is 4. The van der Waals surface area contributed by atoms with E-state index in [9.17, 15) is 19.2 Å². The largest absolute Gasteiger partial charge is 0.445 e. The van der Waals surface area contributed by atoms with Crippen molar-refractivity contribution in [2.45, 2.75) is 38.3 Å². The van der Waals surface area contributed by atoms with Crippen LogP contribution in [0.3, 0.4) is 0 Å². The molecule has 0 saturated carbocycles. The number of alkyl carbamates (subject to hydrolysis) is 1. The van der Waals surface area contributed by atoms with E-state index in [2.05, 4.69) is 16.0 Å². The molecular weight excluding hydrogens is 450 g/mol. The summed E-state index contributed by atoms with van der Waals surface area (Å²) in [4.78, 5) is 49.6. The fourth-order valence-corrected chi connectivity index (χ4v) is 3.78. The van der Waals surface area contributed by atoms with Crippen LogP contribution >= 0.6 is 0 Å². The molecule has 3 N–H and O–H groups in total. The number of benzene rings is 3. The van der Waals surface area contributed by atoms with Gasteiger partial charge >= 0.3 is 12.1 Å². The summed E-state index contributed by atoms with van der Waals surface area (Å²) in [5, 5.41) is 9.48. The van der Waals surface area contributed by atoms with Crippen molar-refractivity contribution in [1.82, 2.24) is 16.0 Å². The molecule has 0 aromatic heterocycles. The van der Waals surface area contributed by atoms with Crippen molar-refractivity contribution in [1.29, 1.82) is 0 Å². The number of fused-ring (bicyclic) bond motifs is 1. The zero-order valence-electron chi connectivity index (χ0n) is 19.2. The minimum Gasteiger partial charge on any atom is -0.445 e. The Morgan fingerprint density at radius 3 is 2.34 bits per heavy atom. The number of hydrogen-bond donors (Lipinski definition) is 3. The SMILES string of the molecule is CC(=O)O[C@@H]1NC(=O)[C@H]1NC(=O)[C@](C)(NC(=O)OCc1ccccc1)c1ccc2ccccc2c1. The standard InChI is InChI=1S/C26H25N3O6/c1-16(30)35-23-21(22(31)28-23)27-24(32)26(2,20-13-12-18-10-6-7-11-19(18)14-20)29-25(33)34-15-17-8-4-3-5-9-17/h3-14,21,23H,15H2,1-2H3,(H,27,32)(H,28,31)(H,29,33)/t21-,23+,26-/m1/s1. The Labute approximate surface area is 201 Å². The van der Waals surface area contributed by atoms with Crippen LogP contribution in [0.5, 0.6) is 0 Å². The molecule has 3 amide bonds. The van der Waals surface area contributed by atoms with Gasteiger partial charge in [0, 0.05) is 6.92 Å². The Balaban J connectivity index is 1.59. The summed E-state index contributed by atoms with van der Waals surface area (Å²) in [6.07, 6.45) is -1.80. The van der Waals surface area contributed by atoms with Crippen LogP contribution in [0, 0.1) is 0 Å². The van der Waals surface area contributed by atoms with E-state index in [1.54, 1.807) is 12.1 Å². The fraction of sp³-hybridized carbons (Fsp3) is 0.231. The highest BCUT2D eigenvalue weighted by Crippen LogP contribution is 2.27. The first kappa shape index (κ1) is 23.7. The molecule has 9 nitrogen and oxygen atoms in total. The Kier molecular flexibility index (Phi) is 6.68. The molecule has 35 heavy (non-hydrogen) atoms. The van der Waals surface area contributed by atoms with E-state index in [-0.39, 0.29) is 6.61 Å². The van der Waals surface area contributed by atoms with Crippen molar-refractivity contribution in [2.75, 3.05) is 0 Å². The van der Waals surface area contributed by atoms with Gasteiger partial charge in [0.2, 0.25) is 6.23 Å². The van der Waals surface area contributed by atoms with Crippen LogP contribution in [-0.2, 0) is 36.0 Å². The minimum absolute atomic E-state index is 0.0155. The lowest BCUT2D eigenvalue weighted by molar-refractivity contribution is -0.164. The topological polar surface area (TPSA) is 123 Å². The van der Waals surface area contributed by atoms with Gasteiger partial charge in [-0.05, 0) is 34.9 Å². The number of hydrogen-bond acceptors (Lipinski definition) is 6. The highest BCUT2D eigenvalue weighted by Gasteiger charge is 2.47. The van der Waals surface area contributed by atoms with Crippen LogP contribution in [0.25, 0.3) is 10.8 Å². The number of esters is 1. The molecule has 9 heteroatoms. The van der Waals surface area contributed by atoms with E-state index in [0.717, 1.165) is 16.3 Å². The maximum absolute atomic E-state index is 13.5. The van der Waals surface area contributed by atoms with Gasteiger partial charge in [0.15, 0.2) is 6.04 Å². The van der Waals surface area contributed by atoms with Crippen LogP contribution < -0.4 is 16.0 Å². The lowest BCUT2D eigenvalue weighted by Gasteiger charge is -2.38. The molecule has 1 aliphatic rings. The molecule has 1 saturated heterocycles. The molecule has 4 rings (SSSR count). The molecule has 0 unspecified atom stereocenters. The van der Waals surface area contributed by atoms with Gasteiger partial charge in [-0.3, -0.25) is 14.4 Å². The first-order chi connectivity index (χ1) is 16.8. The van der Waals surface area contributed by atoms with Crippen molar-refractivity contribution in [3.8, 4) is 0 Å². The minimum atomic E-state index is -1.60. The number of ether oxygens (including phenoxy) is 2. The van der Waals surface area contributed by atoms with Crippen molar-refractivity contribution in [3.05, 3.63) is 83.9 Å². The summed E-state index contributed by atoms with van der Waals surface area (Å²) in [5.41, 5.74) is -0.335. The predicted octanol–water partition coefficient (Wildman–Crippen LogP) is 2.49. The van der Waals surface area contributed by atoms with E-state index >= 15 is 0 Å². The summed E-state index contributed by atoms with van der Waals surface area (Å²) >= 11 is 0. The fourth-order valence-electron chi connectivity index (χ4n) is 3.78. The molecule has 1 aliphatic heterocycles. The number of amides is 3. The molecule has 0 aliphatic carbocycles. The van der Waals surface area contributed by atoms with Gasteiger partial charge in [-0.25, -0.2) is 4.79 Å². The second-order valence-electron chi connectivity index (χ2n) is 8.36. The highest BCUT2D eigenvalue weighted by atomic mass is 16.6. The first-order valence-corrected chi connectivity index (χ1v) is 11.0. The monoisotopic (exact) mass is 475 g/mol. The summed E-state index contributed by atoms with van der Waals surface area (Å²) in [7, 11) is 0. The van der Waals surface area contributed by atoms with Crippen LogP contribution in [0.15, 0.2) is 72.8 Å². The molecule has 180 valence electrons. The Bertz CT molecular complexity index is 1280. The number of rotatable bonds is 7. The molecule has 0 spiro atoms. The van der Waals surface area contributed by atoms with Crippen LogP contribution in [-0.4, -0.2) is 36.1 Å². The Hall–Kier alpha value is -4.40. The van der Waals surface area contributed by atoms with Crippen molar-refractivity contribution < 1.29 is 28.7 Å². The second-order valence-corrected chi connectivity index (χ2v) is 8.36. The molecule has 3 aromatic rings. The van der Waals surface area contributed by atoms with Crippen LogP contribution in [0.1, 0.15) is 25.0 Å². The Morgan fingerprint density at radius 2 is 1.66 bits per heavy atom. The number of nitrogens with one attached hydrogen (secondary N) is 3. The lowest BCUT2D eigenvalue weighted by atomic mass is 9.88. The van der Waals surface area contributed by atoms with Gasteiger partial charge in [0.05, 0.1) is 0 Å². The van der Waals surface area contributed by atoms with Crippen molar-refractivity contribution in [2.24, 2.45) is 0 Å². The zero-order valence-corrected chi connectivity index (χ0v) is 19.2. The summed E-state index contributed by atoms with van der Waals surface area (Å²) in [6, 6.07) is 21.0. The van der Waals surface area contributed by atoms with E-state index in [0.29, 0.717) is 5.56 Å². The summed E-state index contributed by atoms with van der Waals surface area (Å²) in [5.74, 6) is -1.77. The summed E-state index contributed by atoms with van der Waals surface area (Å²) < 4.78 is 10.4. The number of β-lactam (4-membered cyclic amide) rings is 1.